The molecular formula is C38H58N10O30P4. The zero-order valence-electron chi connectivity index (χ0n) is 42.8. The van der Waals surface area contributed by atoms with Crippen molar-refractivity contribution >= 4 is 77.2 Å². The number of ether oxygens (including phenoxy) is 6. The van der Waals surface area contributed by atoms with Gasteiger partial charge in [-0.05, 0) is 5.92 Å². The zero-order chi connectivity index (χ0) is 60.6. The molecule has 4 fully saturated rings. The number of anilines is 2. The van der Waals surface area contributed by atoms with Gasteiger partial charge in [-0.3, -0.25) is 36.8 Å². The summed E-state index contributed by atoms with van der Waals surface area (Å²) in [6, 6.07) is 0. The van der Waals surface area contributed by atoms with Gasteiger partial charge in [0.1, 0.15) is 91.3 Å². The number of aliphatic hydroxyl groups excluding tert-OH is 8. The van der Waals surface area contributed by atoms with Crippen LogP contribution in [0.15, 0.2) is 25.3 Å². The first-order valence-electron chi connectivity index (χ1n) is 23.8. The van der Waals surface area contributed by atoms with E-state index >= 15 is 0 Å². The van der Waals surface area contributed by atoms with Crippen molar-refractivity contribution in [2.24, 2.45) is 11.8 Å². The smallest absolute Gasteiger partial charge is 0.463 e. The fraction of sp³-hybridized carbons (Fsp3) is 0.684. The normalized spacial score (nSPS) is 35.2. The Morgan fingerprint density at radius 3 is 1.43 bits per heavy atom. The maximum Gasteiger partial charge on any atom is 0.483 e. The number of aliphatic hydroxyl groups is 8. The predicted octanol–water partition coefficient (Wildman–Crippen LogP) is -4.15. The first-order chi connectivity index (χ1) is 38.2. The van der Waals surface area contributed by atoms with Gasteiger partial charge in [-0.15, -0.1) is 0 Å². The molecule has 82 heavy (non-hydrogen) atoms. The summed E-state index contributed by atoms with van der Waals surface area (Å²) < 4.78 is 112. The molecule has 22 atom stereocenters. The van der Waals surface area contributed by atoms with Gasteiger partial charge in [0.15, 0.2) is 47.8 Å². The van der Waals surface area contributed by atoms with Crippen molar-refractivity contribution in [3.63, 3.8) is 0 Å². The van der Waals surface area contributed by atoms with E-state index in [4.69, 9.17) is 54.0 Å². The van der Waals surface area contributed by atoms with E-state index in [2.05, 4.69) is 47.6 Å². The van der Waals surface area contributed by atoms with E-state index in [0.29, 0.717) is 0 Å². The van der Waals surface area contributed by atoms with Gasteiger partial charge >= 0.3 is 43.2 Å². The van der Waals surface area contributed by atoms with Crippen LogP contribution >= 0.6 is 31.3 Å². The Bertz CT molecular complexity index is 3090. The third kappa shape index (κ3) is 15.2. The molecule has 4 aliphatic rings. The highest BCUT2D eigenvalue weighted by molar-refractivity contribution is 7.61. The van der Waals surface area contributed by atoms with Crippen LogP contribution in [0, 0.1) is 11.8 Å². The lowest BCUT2D eigenvalue weighted by Gasteiger charge is -2.43. The molecule has 4 aromatic rings. The predicted molar refractivity (Wildman–Crippen MR) is 260 cm³/mol. The lowest BCUT2D eigenvalue weighted by atomic mass is 9.83. The van der Waals surface area contributed by atoms with E-state index in [9.17, 15) is 83.2 Å². The monoisotopic (exact) mass is 1260 g/mol. The van der Waals surface area contributed by atoms with Gasteiger partial charge in [0.05, 0.1) is 38.6 Å². The molecule has 10 unspecified atom stereocenters. The van der Waals surface area contributed by atoms with Crippen LogP contribution in [-0.2, 0) is 83.0 Å². The maximum atomic E-state index is 12.8. The second kappa shape index (κ2) is 26.1. The summed E-state index contributed by atoms with van der Waals surface area (Å²) in [5.41, 5.74) is 12.2. The van der Waals surface area contributed by atoms with Crippen molar-refractivity contribution in [2.45, 2.75) is 126 Å². The third-order valence-corrected chi connectivity index (χ3v) is 18.0. The van der Waals surface area contributed by atoms with Crippen LogP contribution in [0.25, 0.3) is 22.3 Å². The molecule has 0 spiro atoms. The minimum atomic E-state index is -5.56. The number of hydrogen-bond donors (Lipinski definition) is 14. The molecule has 0 aromatic carbocycles. The summed E-state index contributed by atoms with van der Waals surface area (Å²) in [6.07, 6.45) is -20.8. The van der Waals surface area contributed by atoms with Crippen LogP contribution < -0.4 is 11.5 Å². The Balaban J connectivity index is 0.000000239. The molecule has 0 saturated carbocycles. The summed E-state index contributed by atoms with van der Waals surface area (Å²) in [5.74, 6) is -2.26. The number of nitrogen functional groups attached to an aromatic ring is 2. The van der Waals surface area contributed by atoms with Crippen LogP contribution in [0.2, 0.25) is 0 Å². The van der Waals surface area contributed by atoms with Gasteiger partial charge in [-0.25, -0.2) is 48.2 Å². The summed E-state index contributed by atoms with van der Waals surface area (Å²) in [5, 5.41) is 80.3. The second-order valence-electron chi connectivity index (χ2n) is 18.4. The first kappa shape index (κ1) is 65.2. The van der Waals surface area contributed by atoms with Crippen molar-refractivity contribution in [1.82, 2.24) is 39.0 Å². The van der Waals surface area contributed by atoms with Crippen molar-refractivity contribution < 1.29 is 143 Å². The quantitative estimate of drug-likeness (QED) is 0.0295. The highest BCUT2D eigenvalue weighted by Crippen LogP contribution is 2.63. The van der Waals surface area contributed by atoms with E-state index in [1.807, 2.05) is 0 Å². The summed E-state index contributed by atoms with van der Waals surface area (Å²) in [7, 11) is -21.9. The molecule has 4 aliphatic heterocycles. The summed E-state index contributed by atoms with van der Waals surface area (Å²) in [6.45, 7) is 2.60. The molecule has 8 rings (SSSR count). The van der Waals surface area contributed by atoms with E-state index in [1.54, 1.807) is 13.8 Å². The van der Waals surface area contributed by atoms with Crippen LogP contribution in [-0.4, -0.2) is 224 Å². The number of phosphoric acid groups is 4. The van der Waals surface area contributed by atoms with Crippen LogP contribution in [0.4, 0.5) is 11.6 Å². The summed E-state index contributed by atoms with van der Waals surface area (Å²) in [4.78, 5) is 86.9. The summed E-state index contributed by atoms with van der Waals surface area (Å²) >= 11 is 0. The first-order valence-corrected chi connectivity index (χ1v) is 29.8. The number of nitrogens with zero attached hydrogens (tertiary/aromatic N) is 8. The van der Waals surface area contributed by atoms with Crippen molar-refractivity contribution in [3.8, 4) is 0 Å². The number of nitrogens with two attached hydrogens (primary N) is 2. The van der Waals surface area contributed by atoms with Crippen LogP contribution in [0.5, 0.6) is 0 Å². The number of carbonyl (C=O) groups is 2. The average Bonchev–Trinajstić information content (AvgIpc) is 4.22. The number of esters is 2. The van der Waals surface area contributed by atoms with Crippen LogP contribution in [0.1, 0.15) is 40.2 Å². The van der Waals surface area contributed by atoms with Gasteiger partial charge in [0.25, 0.3) is 0 Å². The number of hydrogen-bond acceptors (Lipinski definition) is 34. The second-order valence-corrected chi connectivity index (χ2v) is 24.4. The number of carbonyl (C=O) groups excluding carboxylic acids is 2. The van der Waals surface area contributed by atoms with Crippen LogP contribution in [0.3, 0.4) is 0 Å². The molecule has 8 heterocycles. The molecule has 44 heteroatoms. The maximum absolute atomic E-state index is 12.8. The zero-order valence-corrected chi connectivity index (χ0v) is 46.3. The standard InChI is InChI=1S/C22H33N5O15P2.C16H25N5O15P2/c1-9-10(2)18(38-12(4)29)22(40-13(9)5-36-11(3)28)41-44(34,35)42-43(32,33)37-6-14-16(30)17(31)21(39-14)27-8-26-15-19(23)24-7-25-20(15)27;17-13-7-14(19-3-18-13)21(4-20-7)15-11(26)9(24)6(33-15)2-32-37(28,29)36-38(30,31)35-16-12(27)10(25)8(23)5(1-22)34-16/h7-10,13-14,16-18,21-22,30-31H,5-6H2,1-4H3,(H,32,33)(H,34,35)(H2,23,24,25);3-6,8-12,15-16,22-27H,1-2H2,(H,28,29)(H,30,31)(H2,17,18,19)/t9-,10-,13?,14+,16-,17?,18?,21+,22-;5?,6-,8-,9+,10+,11?,12?,15-,16+/m01/s1. The Kier molecular flexibility index (Phi) is 20.8. The van der Waals surface area contributed by atoms with Crippen molar-refractivity contribution in [3.05, 3.63) is 25.3 Å². The number of fused-ring (bicyclic) bond motifs is 2. The molecule has 40 nitrogen and oxygen atoms in total. The third-order valence-electron chi connectivity index (χ3n) is 12.8. The minimum Gasteiger partial charge on any atom is -0.463 e. The highest BCUT2D eigenvalue weighted by atomic mass is 31.3. The Morgan fingerprint density at radius 1 is 0.549 bits per heavy atom. The van der Waals surface area contributed by atoms with E-state index in [1.165, 1.54) is 28.7 Å². The van der Waals surface area contributed by atoms with Gasteiger partial charge in [-0.2, -0.15) is 8.62 Å². The van der Waals surface area contributed by atoms with Crippen molar-refractivity contribution in [1.29, 1.82) is 0 Å². The fourth-order valence-electron chi connectivity index (χ4n) is 8.49. The number of rotatable bonds is 20. The highest BCUT2D eigenvalue weighted by Gasteiger charge is 2.52. The Labute approximate surface area is 459 Å². The average molecular weight is 1260 g/mol. The topological polar surface area (TPSA) is 595 Å². The lowest BCUT2D eigenvalue weighted by Crippen LogP contribution is -2.58. The SMILES string of the molecule is CC(=O)OCC1O[C@@H](OP(=O)(O)OP(=O)(O)OC[C@H]2O[C@@H](n3cnc4c(N)ncnc43)C(O)[C@H]2O)C(OC(C)=O)[C@@H](C)[C@@H]1C.Nc1ncnc2c1ncn2[C@@H]1O[C@H](COP(=O)(O)OP(=O)(O)O[C@@H]2OC(CO)[C@@H](O)[C@H](O)C2O)[C@H](O)C1O. The van der Waals surface area contributed by atoms with E-state index in [0.717, 1.165) is 19.6 Å². The molecule has 0 bridgehead atoms. The largest absolute Gasteiger partial charge is 0.483 e. The molecular weight excluding hydrogens is 1200 g/mol. The molecule has 4 aromatic heterocycles. The molecule has 0 radical (unpaired) electrons. The van der Waals surface area contributed by atoms with Gasteiger partial charge < -0.3 is 100 Å². The molecule has 460 valence electrons. The molecule has 16 N–H and O–H groups in total. The minimum absolute atomic E-state index is 0.0411. The molecule has 0 amide bonds. The van der Waals surface area contributed by atoms with Gasteiger partial charge in [0.2, 0.25) is 6.29 Å². The lowest BCUT2D eigenvalue weighted by molar-refractivity contribution is -0.280. The number of aromatic nitrogens is 8. The Morgan fingerprint density at radius 2 is 0.988 bits per heavy atom. The fourth-order valence-corrected chi connectivity index (χ4v) is 12.8. The van der Waals surface area contributed by atoms with Gasteiger partial charge in [0, 0.05) is 19.8 Å². The number of imidazole rings is 2. The molecule has 0 aliphatic carbocycles. The Hall–Kier alpha value is -4.32. The van der Waals surface area contributed by atoms with Gasteiger partial charge in [-0.1, -0.05) is 13.8 Å². The van der Waals surface area contributed by atoms with E-state index in [-0.39, 0.29) is 40.6 Å². The van der Waals surface area contributed by atoms with E-state index < -0.39 is 173 Å². The van der Waals surface area contributed by atoms with Crippen molar-refractivity contribution in [2.75, 3.05) is 37.9 Å². The number of phosphoric ester groups is 4. The molecule has 4 saturated heterocycles.